The lowest BCUT2D eigenvalue weighted by atomic mass is 10.1. The van der Waals surface area contributed by atoms with E-state index < -0.39 is 0 Å². The summed E-state index contributed by atoms with van der Waals surface area (Å²) in [4.78, 5) is 8.09. The average Bonchev–Trinajstić information content (AvgIpc) is 2.83. The second kappa shape index (κ2) is 3.61. The van der Waals surface area contributed by atoms with Crippen LogP contribution in [0.4, 0.5) is 0 Å². The lowest BCUT2D eigenvalue weighted by Crippen LogP contribution is -1.84. The third kappa shape index (κ3) is 1.46. The lowest BCUT2D eigenvalue weighted by molar-refractivity contribution is 0.582. The molecule has 0 atom stereocenters. The summed E-state index contributed by atoms with van der Waals surface area (Å²) in [5.74, 6) is 0.807. The molecular formula is C12H7ClN2O. The van der Waals surface area contributed by atoms with Gasteiger partial charge >= 0.3 is 0 Å². The van der Waals surface area contributed by atoms with Crippen LogP contribution in [0.15, 0.2) is 47.3 Å². The fourth-order valence-corrected chi connectivity index (χ4v) is 1.82. The van der Waals surface area contributed by atoms with Crippen molar-refractivity contribution in [1.29, 1.82) is 0 Å². The maximum atomic E-state index is 6.01. The number of halogens is 1. The zero-order valence-electron chi connectivity index (χ0n) is 8.22. The standard InChI is InChI=1S/C12H7ClN2O/c13-12-9-6-8(11-2-1-5-16-11)3-4-10(9)14-7-15-12/h1-7H. The molecule has 2 heterocycles. The van der Waals surface area contributed by atoms with Gasteiger partial charge in [-0.15, -0.1) is 0 Å². The largest absolute Gasteiger partial charge is 0.464 e. The minimum absolute atomic E-state index is 0.457. The van der Waals surface area contributed by atoms with Crippen molar-refractivity contribution in [3.63, 3.8) is 0 Å². The Morgan fingerprint density at radius 2 is 2.06 bits per heavy atom. The fourth-order valence-electron chi connectivity index (χ4n) is 1.62. The Morgan fingerprint density at radius 3 is 2.88 bits per heavy atom. The first-order valence-corrected chi connectivity index (χ1v) is 5.16. The average molecular weight is 231 g/mol. The molecule has 4 heteroatoms. The molecule has 0 radical (unpaired) electrons. The molecule has 0 saturated carbocycles. The van der Waals surface area contributed by atoms with E-state index >= 15 is 0 Å². The highest BCUT2D eigenvalue weighted by Gasteiger charge is 2.05. The first-order chi connectivity index (χ1) is 7.84. The predicted octanol–water partition coefficient (Wildman–Crippen LogP) is 3.54. The van der Waals surface area contributed by atoms with Gasteiger partial charge in [-0.3, -0.25) is 0 Å². The van der Waals surface area contributed by atoms with Crippen LogP contribution in [0.5, 0.6) is 0 Å². The van der Waals surface area contributed by atoms with E-state index in [-0.39, 0.29) is 0 Å². The quantitative estimate of drug-likeness (QED) is 0.600. The number of nitrogens with zero attached hydrogens (tertiary/aromatic N) is 2. The van der Waals surface area contributed by atoms with Crippen molar-refractivity contribution in [1.82, 2.24) is 9.97 Å². The van der Waals surface area contributed by atoms with Gasteiger partial charge in [0.25, 0.3) is 0 Å². The van der Waals surface area contributed by atoms with Crippen LogP contribution in [-0.2, 0) is 0 Å². The van der Waals surface area contributed by atoms with E-state index in [1.807, 2.05) is 30.3 Å². The molecule has 0 unspecified atom stereocenters. The van der Waals surface area contributed by atoms with E-state index in [1.54, 1.807) is 6.26 Å². The van der Waals surface area contributed by atoms with Gasteiger partial charge in [-0.05, 0) is 30.3 Å². The van der Waals surface area contributed by atoms with Crippen LogP contribution in [-0.4, -0.2) is 9.97 Å². The van der Waals surface area contributed by atoms with Gasteiger partial charge in [0.15, 0.2) is 0 Å². The van der Waals surface area contributed by atoms with Gasteiger partial charge in [0, 0.05) is 10.9 Å². The van der Waals surface area contributed by atoms with Gasteiger partial charge in [-0.2, -0.15) is 0 Å². The Balaban J connectivity index is 2.27. The molecule has 0 saturated heterocycles. The van der Waals surface area contributed by atoms with Crippen molar-refractivity contribution >= 4 is 22.5 Å². The van der Waals surface area contributed by atoms with E-state index in [0.29, 0.717) is 5.15 Å². The summed E-state index contributed by atoms with van der Waals surface area (Å²) in [7, 11) is 0. The molecule has 0 bridgehead atoms. The Labute approximate surface area is 96.7 Å². The van der Waals surface area contributed by atoms with Gasteiger partial charge in [0.05, 0.1) is 11.8 Å². The summed E-state index contributed by atoms with van der Waals surface area (Å²) in [5, 5.41) is 1.29. The molecule has 2 aromatic heterocycles. The molecule has 0 spiro atoms. The van der Waals surface area contributed by atoms with E-state index in [9.17, 15) is 0 Å². The third-order valence-corrected chi connectivity index (χ3v) is 2.69. The van der Waals surface area contributed by atoms with Crippen LogP contribution in [0.2, 0.25) is 5.15 Å². The van der Waals surface area contributed by atoms with Crippen molar-refractivity contribution in [2.24, 2.45) is 0 Å². The molecule has 0 fully saturated rings. The minimum atomic E-state index is 0.457. The molecule has 0 N–H and O–H groups in total. The van der Waals surface area contributed by atoms with E-state index in [1.165, 1.54) is 6.33 Å². The predicted molar refractivity (Wildman–Crippen MR) is 62.3 cm³/mol. The Bertz CT molecular complexity index is 635. The fraction of sp³-hybridized carbons (Fsp3) is 0. The highest BCUT2D eigenvalue weighted by Crippen LogP contribution is 2.26. The van der Waals surface area contributed by atoms with Crippen LogP contribution in [0.25, 0.3) is 22.2 Å². The van der Waals surface area contributed by atoms with Crippen molar-refractivity contribution in [3.05, 3.63) is 48.1 Å². The van der Waals surface area contributed by atoms with Crippen LogP contribution in [0, 0.1) is 0 Å². The number of benzene rings is 1. The first-order valence-electron chi connectivity index (χ1n) is 4.79. The van der Waals surface area contributed by atoms with Gasteiger partial charge in [0.1, 0.15) is 17.2 Å². The molecule has 3 aromatic rings. The van der Waals surface area contributed by atoms with Gasteiger partial charge in [0.2, 0.25) is 0 Å². The van der Waals surface area contributed by atoms with Crippen molar-refractivity contribution in [3.8, 4) is 11.3 Å². The highest BCUT2D eigenvalue weighted by molar-refractivity contribution is 6.34. The zero-order chi connectivity index (χ0) is 11.0. The molecular weight excluding hydrogens is 224 g/mol. The Morgan fingerprint density at radius 1 is 1.12 bits per heavy atom. The van der Waals surface area contributed by atoms with Crippen molar-refractivity contribution in [2.75, 3.05) is 0 Å². The summed E-state index contributed by atoms with van der Waals surface area (Å²) in [6, 6.07) is 9.53. The molecule has 0 aliphatic rings. The number of aromatic nitrogens is 2. The maximum absolute atomic E-state index is 6.01. The molecule has 16 heavy (non-hydrogen) atoms. The van der Waals surface area contributed by atoms with Crippen LogP contribution in [0.3, 0.4) is 0 Å². The number of hydrogen-bond donors (Lipinski definition) is 0. The van der Waals surface area contributed by atoms with Crippen molar-refractivity contribution in [2.45, 2.75) is 0 Å². The number of fused-ring (bicyclic) bond motifs is 1. The molecule has 0 aliphatic heterocycles. The smallest absolute Gasteiger partial charge is 0.140 e. The molecule has 0 amide bonds. The number of rotatable bonds is 1. The topological polar surface area (TPSA) is 38.9 Å². The number of furan rings is 1. The van der Waals surface area contributed by atoms with E-state index in [0.717, 1.165) is 22.2 Å². The summed E-state index contributed by atoms with van der Waals surface area (Å²) in [6.45, 7) is 0. The second-order valence-corrected chi connectivity index (χ2v) is 3.73. The van der Waals surface area contributed by atoms with Gasteiger partial charge < -0.3 is 4.42 Å². The van der Waals surface area contributed by atoms with E-state index in [2.05, 4.69) is 9.97 Å². The van der Waals surface area contributed by atoms with Crippen molar-refractivity contribution < 1.29 is 4.42 Å². The minimum Gasteiger partial charge on any atom is -0.464 e. The molecule has 3 nitrogen and oxygen atoms in total. The van der Waals surface area contributed by atoms with Crippen LogP contribution in [0.1, 0.15) is 0 Å². The SMILES string of the molecule is Clc1ncnc2ccc(-c3ccco3)cc12. The van der Waals surface area contributed by atoms with Crippen LogP contribution < -0.4 is 0 Å². The summed E-state index contributed by atoms with van der Waals surface area (Å²) in [5.41, 5.74) is 1.80. The second-order valence-electron chi connectivity index (χ2n) is 3.37. The maximum Gasteiger partial charge on any atom is 0.140 e. The Kier molecular flexibility index (Phi) is 2.11. The molecule has 0 aliphatic carbocycles. The molecule has 3 rings (SSSR count). The summed E-state index contributed by atoms with van der Waals surface area (Å²) < 4.78 is 5.32. The van der Waals surface area contributed by atoms with Gasteiger partial charge in [-0.1, -0.05) is 11.6 Å². The Hall–Kier alpha value is -1.87. The summed E-state index contributed by atoms with van der Waals surface area (Å²) in [6.07, 6.45) is 3.10. The molecule has 1 aromatic carbocycles. The monoisotopic (exact) mass is 230 g/mol. The zero-order valence-corrected chi connectivity index (χ0v) is 8.98. The lowest BCUT2D eigenvalue weighted by Gasteiger charge is -2.01. The molecule has 78 valence electrons. The first kappa shape index (κ1) is 9.36. The highest BCUT2D eigenvalue weighted by atomic mass is 35.5. The number of hydrogen-bond acceptors (Lipinski definition) is 3. The van der Waals surface area contributed by atoms with Crippen LogP contribution >= 0.6 is 11.6 Å². The van der Waals surface area contributed by atoms with E-state index in [4.69, 9.17) is 16.0 Å². The van der Waals surface area contributed by atoms with Gasteiger partial charge in [-0.25, -0.2) is 9.97 Å². The summed E-state index contributed by atoms with van der Waals surface area (Å²) >= 11 is 6.01. The normalized spacial score (nSPS) is 10.8. The third-order valence-electron chi connectivity index (χ3n) is 2.39.